The second-order valence-electron chi connectivity index (χ2n) is 5.43. The van der Waals surface area contributed by atoms with Crippen molar-refractivity contribution in [3.05, 3.63) is 57.8 Å². The third kappa shape index (κ3) is 4.06. The zero-order chi connectivity index (χ0) is 18.1. The number of rotatable bonds is 4. The van der Waals surface area contributed by atoms with Gasteiger partial charge in [-0.25, -0.2) is 13.4 Å². The average molecular weight is 387 g/mol. The van der Waals surface area contributed by atoms with E-state index in [9.17, 15) is 13.2 Å². The van der Waals surface area contributed by atoms with Gasteiger partial charge in [-0.05, 0) is 30.7 Å². The Bertz CT molecular complexity index is 867. The molecule has 0 spiro atoms. The van der Waals surface area contributed by atoms with E-state index in [4.69, 9.17) is 23.2 Å². The molecular formula is C16H16Cl2N2O3S. The normalized spacial score (nSPS) is 12.7. The molecule has 1 atom stereocenters. The van der Waals surface area contributed by atoms with E-state index in [0.29, 0.717) is 5.56 Å². The van der Waals surface area contributed by atoms with E-state index in [1.165, 1.54) is 29.3 Å². The highest BCUT2D eigenvalue weighted by Crippen LogP contribution is 2.24. The molecule has 1 heterocycles. The molecule has 0 N–H and O–H groups in total. The van der Waals surface area contributed by atoms with Crippen molar-refractivity contribution < 1.29 is 13.2 Å². The van der Waals surface area contributed by atoms with Crippen molar-refractivity contribution in [2.45, 2.75) is 17.9 Å². The molecule has 128 valence electrons. The summed E-state index contributed by atoms with van der Waals surface area (Å²) < 4.78 is 23.0. The molecule has 1 aromatic heterocycles. The van der Waals surface area contributed by atoms with Gasteiger partial charge in [-0.2, -0.15) is 0 Å². The van der Waals surface area contributed by atoms with Crippen LogP contribution in [-0.4, -0.2) is 37.5 Å². The second-order valence-corrected chi connectivity index (χ2v) is 8.21. The summed E-state index contributed by atoms with van der Waals surface area (Å²) in [6.45, 7) is 1.85. The van der Waals surface area contributed by atoms with E-state index < -0.39 is 9.84 Å². The number of carbonyl (C=O) groups excluding carboxylic acids is 1. The maximum Gasteiger partial charge on any atom is 0.255 e. The smallest absolute Gasteiger partial charge is 0.255 e. The predicted molar refractivity (Wildman–Crippen MR) is 94.3 cm³/mol. The quantitative estimate of drug-likeness (QED) is 0.752. The number of benzene rings is 1. The molecule has 0 aliphatic heterocycles. The highest BCUT2D eigenvalue weighted by molar-refractivity contribution is 7.90. The standard InChI is InChI=1S/C16H16Cl2N2O3S/c1-10(11-4-6-13(7-5-11)24(3,22)23)20(2)16(21)12-8-14(17)15(18)19-9-12/h4-10H,1-3H3. The van der Waals surface area contributed by atoms with E-state index >= 15 is 0 Å². The lowest BCUT2D eigenvalue weighted by Gasteiger charge is -2.25. The van der Waals surface area contributed by atoms with Crippen LogP contribution in [0.5, 0.6) is 0 Å². The fourth-order valence-corrected chi connectivity index (χ4v) is 3.04. The first kappa shape index (κ1) is 18.7. The van der Waals surface area contributed by atoms with Crippen LogP contribution in [-0.2, 0) is 9.84 Å². The third-order valence-electron chi connectivity index (χ3n) is 3.74. The fourth-order valence-electron chi connectivity index (χ4n) is 2.13. The Kier molecular flexibility index (Phi) is 5.52. The molecule has 0 aliphatic rings. The van der Waals surface area contributed by atoms with Crippen LogP contribution in [0.25, 0.3) is 0 Å². The minimum atomic E-state index is -3.25. The van der Waals surface area contributed by atoms with Crippen molar-refractivity contribution in [3.8, 4) is 0 Å². The summed E-state index contributed by atoms with van der Waals surface area (Å²) in [7, 11) is -1.60. The first-order chi connectivity index (χ1) is 11.1. The molecule has 0 aliphatic carbocycles. The van der Waals surface area contributed by atoms with Crippen LogP contribution in [0.3, 0.4) is 0 Å². The number of halogens is 2. The molecule has 2 aromatic rings. The summed E-state index contributed by atoms with van der Waals surface area (Å²) in [6, 6.07) is 7.64. The summed E-state index contributed by atoms with van der Waals surface area (Å²) in [4.78, 5) is 18.2. The molecule has 0 bridgehead atoms. The first-order valence-corrected chi connectivity index (χ1v) is 9.64. The molecule has 1 aromatic carbocycles. The van der Waals surface area contributed by atoms with Crippen LogP contribution in [0.4, 0.5) is 0 Å². The van der Waals surface area contributed by atoms with Gasteiger partial charge in [0, 0.05) is 19.5 Å². The van der Waals surface area contributed by atoms with Gasteiger partial charge >= 0.3 is 0 Å². The highest BCUT2D eigenvalue weighted by atomic mass is 35.5. The SMILES string of the molecule is CC(c1ccc(S(C)(=O)=O)cc1)N(C)C(=O)c1cnc(Cl)c(Cl)c1. The summed E-state index contributed by atoms with van der Waals surface area (Å²) >= 11 is 11.7. The molecule has 8 heteroatoms. The molecule has 2 rings (SSSR count). The summed E-state index contributed by atoms with van der Waals surface area (Å²) in [5, 5.41) is 0.348. The third-order valence-corrected chi connectivity index (χ3v) is 5.55. The number of hydrogen-bond donors (Lipinski definition) is 0. The van der Waals surface area contributed by atoms with Crippen LogP contribution in [0, 0.1) is 0 Å². The van der Waals surface area contributed by atoms with Gasteiger partial charge in [0.25, 0.3) is 5.91 Å². The lowest BCUT2D eigenvalue weighted by Crippen LogP contribution is -2.29. The molecule has 5 nitrogen and oxygen atoms in total. The molecule has 1 unspecified atom stereocenters. The van der Waals surface area contributed by atoms with Crippen molar-refractivity contribution >= 4 is 38.9 Å². The van der Waals surface area contributed by atoms with E-state index in [-0.39, 0.29) is 27.0 Å². The van der Waals surface area contributed by atoms with Crippen molar-refractivity contribution in [1.82, 2.24) is 9.88 Å². The van der Waals surface area contributed by atoms with Gasteiger partial charge in [-0.1, -0.05) is 35.3 Å². The molecule has 0 radical (unpaired) electrons. The van der Waals surface area contributed by atoms with Crippen molar-refractivity contribution in [2.24, 2.45) is 0 Å². The summed E-state index contributed by atoms with van der Waals surface area (Å²) in [5.74, 6) is -0.263. The molecule has 24 heavy (non-hydrogen) atoms. The molecule has 1 amide bonds. The van der Waals surface area contributed by atoms with Crippen LogP contribution in [0.15, 0.2) is 41.4 Å². The Morgan fingerprint density at radius 1 is 1.21 bits per heavy atom. The topological polar surface area (TPSA) is 67.3 Å². The Labute approximate surface area is 151 Å². The average Bonchev–Trinajstić information content (AvgIpc) is 2.54. The van der Waals surface area contributed by atoms with Crippen LogP contribution in [0.2, 0.25) is 10.2 Å². The minimum Gasteiger partial charge on any atom is -0.335 e. The van der Waals surface area contributed by atoms with Crippen LogP contribution < -0.4 is 0 Å². The number of aromatic nitrogens is 1. The summed E-state index contributed by atoms with van der Waals surface area (Å²) in [5.41, 5.74) is 1.14. The van der Waals surface area contributed by atoms with Crippen molar-refractivity contribution in [3.63, 3.8) is 0 Å². The van der Waals surface area contributed by atoms with Crippen LogP contribution >= 0.6 is 23.2 Å². The minimum absolute atomic E-state index is 0.139. The first-order valence-electron chi connectivity index (χ1n) is 6.99. The lowest BCUT2D eigenvalue weighted by molar-refractivity contribution is 0.0742. The van der Waals surface area contributed by atoms with Crippen molar-refractivity contribution in [1.29, 1.82) is 0 Å². The molecular weight excluding hydrogens is 371 g/mol. The zero-order valence-electron chi connectivity index (χ0n) is 13.3. The largest absolute Gasteiger partial charge is 0.335 e. The predicted octanol–water partition coefficient (Wildman–Crippen LogP) is 3.63. The van der Waals surface area contributed by atoms with Gasteiger partial charge in [0.2, 0.25) is 0 Å². The van der Waals surface area contributed by atoms with Gasteiger partial charge in [0.05, 0.1) is 21.5 Å². The van der Waals surface area contributed by atoms with Gasteiger partial charge in [0.1, 0.15) is 5.15 Å². The molecule has 0 saturated carbocycles. The van der Waals surface area contributed by atoms with E-state index in [1.807, 2.05) is 6.92 Å². The van der Waals surface area contributed by atoms with Gasteiger partial charge in [-0.15, -0.1) is 0 Å². The van der Waals surface area contributed by atoms with E-state index in [1.54, 1.807) is 19.2 Å². The van der Waals surface area contributed by atoms with Crippen LogP contribution in [0.1, 0.15) is 28.9 Å². The number of hydrogen-bond acceptors (Lipinski definition) is 4. The van der Waals surface area contributed by atoms with E-state index in [0.717, 1.165) is 11.8 Å². The number of carbonyl (C=O) groups is 1. The maximum atomic E-state index is 12.5. The zero-order valence-corrected chi connectivity index (χ0v) is 15.7. The van der Waals surface area contributed by atoms with E-state index in [2.05, 4.69) is 4.98 Å². The Morgan fingerprint density at radius 3 is 2.29 bits per heavy atom. The summed E-state index contributed by atoms with van der Waals surface area (Å²) in [6.07, 6.45) is 2.52. The number of pyridine rings is 1. The Balaban J connectivity index is 2.23. The second kappa shape index (κ2) is 7.09. The number of sulfone groups is 1. The van der Waals surface area contributed by atoms with Gasteiger partial charge < -0.3 is 4.90 Å². The fraction of sp³-hybridized carbons (Fsp3) is 0.250. The Morgan fingerprint density at radius 2 is 1.79 bits per heavy atom. The lowest BCUT2D eigenvalue weighted by atomic mass is 10.1. The van der Waals surface area contributed by atoms with Gasteiger partial charge in [-0.3, -0.25) is 4.79 Å². The Hall–Kier alpha value is -1.63. The monoisotopic (exact) mass is 386 g/mol. The highest BCUT2D eigenvalue weighted by Gasteiger charge is 2.20. The molecule has 0 fully saturated rings. The number of nitrogens with zero attached hydrogens (tertiary/aromatic N) is 2. The molecule has 0 saturated heterocycles. The van der Waals surface area contributed by atoms with Gasteiger partial charge in [0.15, 0.2) is 9.84 Å². The van der Waals surface area contributed by atoms with Crippen molar-refractivity contribution in [2.75, 3.05) is 13.3 Å². The number of amides is 1. The maximum absolute atomic E-state index is 12.5.